The van der Waals surface area contributed by atoms with Crippen LogP contribution in [0.15, 0.2) is 12.1 Å². The second kappa shape index (κ2) is 5.66. The van der Waals surface area contributed by atoms with Crippen molar-refractivity contribution >= 4 is 5.91 Å². The van der Waals surface area contributed by atoms with Gasteiger partial charge in [0.25, 0.3) is 5.91 Å². The summed E-state index contributed by atoms with van der Waals surface area (Å²) in [7, 11) is 0. The highest BCUT2D eigenvalue weighted by atomic mass is 19.1. The van der Waals surface area contributed by atoms with Crippen LogP contribution in [0.4, 0.5) is 4.39 Å². The maximum Gasteiger partial charge on any atom is 0.257 e. The Bertz CT molecular complexity index is 550. The van der Waals surface area contributed by atoms with Crippen molar-refractivity contribution in [2.75, 3.05) is 6.54 Å². The molecule has 1 aromatic rings. The second-order valence-electron chi connectivity index (χ2n) is 6.41. The van der Waals surface area contributed by atoms with Crippen LogP contribution in [0.5, 0.6) is 5.75 Å². The molecule has 0 saturated heterocycles. The molecule has 1 heterocycles. The van der Waals surface area contributed by atoms with Crippen LogP contribution in [0, 0.1) is 17.7 Å². The van der Waals surface area contributed by atoms with Gasteiger partial charge in [0, 0.05) is 13.1 Å². The van der Waals surface area contributed by atoms with Gasteiger partial charge < -0.3 is 10.0 Å². The number of aromatic hydroxyl groups is 1. The van der Waals surface area contributed by atoms with Gasteiger partial charge in [-0.05, 0) is 36.3 Å². The molecule has 0 bridgehead atoms. The summed E-state index contributed by atoms with van der Waals surface area (Å²) < 4.78 is 13.9. The van der Waals surface area contributed by atoms with Gasteiger partial charge in [0.15, 0.2) is 11.6 Å². The van der Waals surface area contributed by atoms with E-state index in [2.05, 4.69) is 6.92 Å². The van der Waals surface area contributed by atoms with E-state index in [-0.39, 0.29) is 11.5 Å². The summed E-state index contributed by atoms with van der Waals surface area (Å²) in [4.78, 5) is 14.1. The van der Waals surface area contributed by atoms with Crippen LogP contribution in [-0.4, -0.2) is 22.5 Å². The maximum atomic E-state index is 13.9. The summed E-state index contributed by atoms with van der Waals surface area (Å²) in [5, 5.41) is 9.42. The molecule has 0 spiro atoms. The first-order valence-corrected chi connectivity index (χ1v) is 7.89. The Morgan fingerprint density at radius 1 is 1.24 bits per heavy atom. The Kier molecular flexibility index (Phi) is 3.87. The van der Waals surface area contributed by atoms with Gasteiger partial charge in [-0.25, -0.2) is 4.39 Å². The van der Waals surface area contributed by atoms with Gasteiger partial charge in [-0.15, -0.1) is 0 Å². The molecular weight excluding hydrogens is 269 g/mol. The Balaban J connectivity index is 1.67. The number of benzene rings is 1. The molecule has 1 aromatic carbocycles. The molecule has 114 valence electrons. The van der Waals surface area contributed by atoms with Crippen LogP contribution in [0.25, 0.3) is 0 Å². The SMILES string of the molecule is CCC1CCC(CN2Cc3ccc(O)c(F)c3C2=O)CC1. The topological polar surface area (TPSA) is 40.5 Å². The fraction of sp³-hybridized carbons (Fsp3) is 0.588. The third-order valence-electron chi connectivity index (χ3n) is 5.09. The van der Waals surface area contributed by atoms with Gasteiger partial charge in [-0.3, -0.25) is 4.79 Å². The zero-order chi connectivity index (χ0) is 15.0. The first kappa shape index (κ1) is 14.4. The summed E-state index contributed by atoms with van der Waals surface area (Å²) in [6.07, 6.45) is 6.04. The van der Waals surface area contributed by atoms with E-state index in [4.69, 9.17) is 0 Å². The maximum absolute atomic E-state index is 13.9. The molecule has 2 aliphatic rings. The Morgan fingerprint density at radius 3 is 2.57 bits per heavy atom. The minimum Gasteiger partial charge on any atom is -0.505 e. The number of rotatable bonds is 3. The first-order valence-electron chi connectivity index (χ1n) is 7.89. The second-order valence-corrected chi connectivity index (χ2v) is 6.41. The van der Waals surface area contributed by atoms with Gasteiger partial charge in [0.05, 0.1) is 5.56 Å². The predicted octanol–water partition coefficient (Wildman–Crippen LogP) is 3.70. The van der Waals surface area contributed by atoms with Gasteiger partial charge in [-0.1, -0.05) is 32.3 Å². The van der Waals surface area contributed by atoms with E-state index in [1.54, 1.807) is 11.0 Å². The number of hydrogen-bond donors (Lipinski definition) is 1. The molecule has 3 nitrogen and oxygen atoms in total. The molecule has 3 rings (SSSR count). The number of carbonyl (C=O) groups excluding carboxylic acids is 1. The number of hydrogen-bond acceptors (Lipinski definition) is 2. The molecule has 1 fully saturated rings. The van der Waals surface area contributed by atoms with Crippen molar-refractivity contribution in [1.82, 2.24) is 4.90 Å². The summed E-state index contributed by atoms with van der Waals surface area (Å²) in [6, 6.07) is 2.98. The Labute approximate surface area is 124 Å². The number of phenols is 1. The van der Waals surface area contributed by atoms with Gasteiger partial charge in [-0.2, -0.15) is 0 Å². The Morgan fingerprint density at radius 2 is 1.90 bits per heavy atom. The van der Waals surface area contributed by atoms with E-state index < -0.39 is 11.6 Å². The molecule has 0 atom stereocenters. The molecule has 21 heavy (non-hydrogen) atoms. The van der Waals surface area contributed by atoms with E-state index in [1.807, 2.05) is 0 Å². The number of carbonyl (C=O) groups is 1. The minimum absolute atomic E-state index is 0.0669. The lowest BCUT2D eigenvalue weighted by atomic mass is 9.80. The lowest BCUT2D eigenvalue weighted by Crippen LogP contribution is -2.32. The number of halogens is 1. The van der Waals surface area contributed by atoms with Crippen LogP contribution in [-0.2, 0) is 6.54 Å². The van der Waals surface area contributed by atoms with Crippen molar-refractivity contribution in [3.63, 3.8) is 0 Å². The number of fused-ring (bicyclic) bond motifs is 1. The van der Waals surface area contributed by atoms with Gasteiger partial charge in [0.1, 0.15) is 0 Å². The average Bonchev–Trinajstić information content (AvgIpc) is 2.81. The van der Waals surface area contributed by atoms with Crippen molar-refractivity contribution in [1.29, 1.82) is 0 Å². The zero-order valence-electron chi connectivity index (χ0n) is 12.4. The molecule has 1 N–H and O–H groups in total. The molecule has 0 radical (unpaired) electrons. The van der Waals surface area contributed by atoms with E-state index in [0.717, 1.165) is 18.8 Å². The quantitative estimate of drug-likeness (QED) is 0.922. The van der Waals surface area contributed by atoms with Gasteiger partial charge >= 0.3 is 0 Å². The first-order chi connectivity index (χ1) is 10.1. The van der Waals surface area contributed by atoms with Crippen LogP contribution in [0.2, 0.25) is 0 Å². The molecule has 4 heteroatoms. The van der Waals surface area contributed by atoms with Crippen molar-refractivity contribution < 1.29 is 14.3 Å². The summed E-state index contributed by atoms with van der Waals surface area (Å²) in [5.41, 5.74) is 0.759. The van der Waals surface area contributed by atoms with Crippen molar-refractivity contribution in [3.05, 3.63) is 29.1 Å². The largest absolute Gasteiger partial charge is 0.505 e. The molecule has 0 aromatic heterocycles. The summed E-state index contributed by atoms with van der Waals surface area (Å²) in [5.74, 6) is -0.108. The third kappa shape index (κ3) is 2.63. The summed E-state index contributed by atoms with van der Waals surface area (Å²) >= 11 is 0. The van der Waals surface area contributed by atoms with E-state index in [1.165, 1.54) is 25.3 Å². The van der Waals surface area contributed by atoms with E-state index >= 15 is 0 Å². The lowest BCUT2D eigenvalue weighted by Gasteiger charge is -2.30. The number of amides is 1. The van der Waals surface area contributed by atoms with Crippen LogP contribution >= 0.6 is 0 Å². The molecule has 1 aliphatic carbocycles. The van der Waals surface area contributed by atoms with E-state index in [9.17, 15) is 14.3 Å². The molecule has 0 unspecified atom stereocenters. The molecule has 1 aliphatic heterocycles. The lowest BCUT2D eigenvalue weighted by molar-refractivity contribution is 0.0725. The normalized spacial score (nSPS) is 25.2. The average molecular weight is 291 g/mol. The highest BCUT2D eigenvalue weighted by Crippen LogP contribution is 2.34. The smallest absolute Gasteiger partial charge is 0.257 e. The summed E-state index contributed by atoms with van der Waals surface area (Å²) in [6.45, 7) is 3.42. The molecular formula is C17H22FNO2. The van der Waals surface area contributed by atoms with Crippen LogP contribution < -0.4 is 0 Å². The minimum atomic E-state index is -0.769. The predicted molar refractivity (Wildman–Crippen MR) is 78.5 cm³/mol. The van der Waals surface area contributed by atoms with Crippen molar-refractivity contribution in [2.24, 2.45) is 11.8 Å². The van der Waals surface area contributed by atoms with Gasteiger partial charge in [0.2, 0.25) is 0 Å². The number of phenolic OH excluding ortho intramolecular Hbond substituents is 1. The van der Waals surface area contributed by atoms with Crippen molar-refractivity contribution in [2.45, 2.75) is 45.6 Å². The van der Waals surface area contributed by atoms with Crippen LogP contribution in [0.3, 0.4) is 0 Å². The Hall–Kier alpha value is -1.58. The third-order valence-corrected chi connectivity index (χ3v) is 5.09. The van der Waals surface area contributed by atoms with Crippen molar-refractivity contribution in [3.8, 4) is 5.75 Å². The highest BCUT2D eigenvalue weighted by molar-refractivity contribution is 5.99. The highest BCUT2D eigenvalue weighted by Gasteiger charge is 2.33. The molecule has 1 saturated carbocycles. The monoisotopic (exact) mass is 291 g/mol. The van der Waals surface area contributed by atoms with E-state index in [0.29, 0.717) is 24.6 Å². The fourth-order valence-corrected chi connectivity index (χ4v) is 3.69. The van der Waals surface area contributed by atoms with Crippen LogP contribution in [0.1, 0.15) is 54.9 Å². The fourth-order valence-electron chi connectivity index (χ4n) is 3.69. The zero-order valence-corrected chi connectivity index (χ0v) is 12.4. The molecule has 1 amide bonds. The number of nitrogens with zero attached hydrogens (tertiary/aromatic N) is 1. The standard InChI is InChI=1S/C17H22FNO2/c1-2-11-3-5-12(6-4-11)9-19-10-13-7-8-14(20)16(18)15(13)17(19)21/h7-8,11-12,20H,2-6,9-10H2,1H3.